The smallest absolute Gasteiger partial charge is 0.317 e. The first-order valence-corrected chi connectivity index (χ1v) is 11.2. The number of thioether (sulfide) groups is 1. The summed E-state index contributed by atoms with van der Waals surface area (Å²) < 4.78 is 15.8. The highest BCUT2D eigenvalue weighted by Crippen LogP contribution is 2.59. The van der Waals surface area contributed by atoms with E-state index in [9.17, 15) is 4.79 Å². The predicted octanol–water partition coefficient (Wildman–Crippen LogP) is 3.59. The molecule has 0 radical (unpaired) electrons. The highest BCUT2D eigenvalue weighted by molar-refractivity contribution is 8.15. The Labute approximate surface area is 145 Å². The molecule has 0 atom stereocenters. The van der Waals surface area contributed by atoms with Crippen LogP contribution in [0, 0.1) is 5.41 Å². The van der Waals surface area contributed by atoms with Gasteiger partial charge in [-0.1, -0.05) is 25.9 Å². The van der Waals surface area contributed by atoms with Crippen LogP contribution in [0.2, 0.25) is 0 Å². The second kappa shape index (κ2) is 8.86. The molecule has 0 aromatic heterocycles. The van der Waals surface area contributed by atoms with Gasteiger partial charge in [0.2, 0.25) is 0 Å². The van der Waals surface area contributed by atoms with E-state index in [0.29, 0.717) is 24.8 Å². The van der Waals surface area contributed by atoms with Crippen LogP contribution in [0.15, 0.2) is 5.16 Å². The summed E-state index contributed by atoms with van der Waals surface area (Å²) in [6.45, 7) is 6.81. The van der Waals surface area contributed by atoms with E-state index in [1.807, 2.05) is 13.2 Å². The molecule has 0 aromatic carbocycles. The van der Waals surface area contributed by atoms with E-state index in [1.54, 1.807) is 11.0 Å². The number of hydrogen-bond donors (Lipinski definition) is 1. The minimum Gasteiger partial charge on any atom is -0.317 e. The Bertz CT molecular complexity index is 461. The van der Waals surface area contributed by atoms with E-state index in [0.717, 1.165) is 12.1 Å². The summed E-state index contributed by atoms with van der Waals surface area (Å²) in [5.41, 5.74) is -0.0528. The van der Waals surface area contributed by atoms with Crippen molar-refractivity contribution in [1.29, 1.82) is 0 Å². The molecule has 1 aliphatic rings. The van der Waals surface area contributed by atoms with Crippen LogP contribution in [0.5, 0.6) is 0 Å². The summed E-state index contributed by atoms with van der Waals surface area (Å²) in [6.07, 6.45) is 1.18. The zero-order valence-electron chi connectivity index (χ0n) is 13.3. The van der Waals surface area contributed by atoms with Gasteiger partial charge in [-0.3, -0.25) is 4.84 Å². The molecular formula is C11H22N3O4PS3. The average molecular weight is 387 g/mol. The molecular weight excluding hydrogens is 365 g/mol. The quantitative estimate of drug-likeness (QED) is 0.192. The molecule has 1 fully saturated rings. The van der Waals surface area contributed by atoms with Gasteiger partial charge in [0.05, 0.1) is 25.3 Å². The Morgan fingerprint density at radius 3 is 2.59 bits per heavy atom. The van der Waals surface area contributed by atoms with Crippen LogP contribution in [-0.2, 0) is 25.7 Å². The van der Waals surface area contributed by atoms with E-state index < -0.39 is 12.7 Å². The fourth-order valence-electron chi connectivity index (χ4n) is 1.26. The van der Waals surface area contributed by atoms with E-state index in [4.69, 9.17) is 25.7 Å². The third-order valence-corrected chi connectivity index (χ3v) is 8.12. The number of carbonyl (C=O) groups excluding carboxylic acids is 1. The SMILES string of the molecule is CCN(SNC(=O)ON=C(C)SC)P1(=S)OCC(C)(C)CO1. The molecule has 1 aliphatic heterocycles. The van der Waals surface area contributed by atoms with E-state index in [2.05, 4.69) is 23.7 Å². The van der Waals surface area contributed by atoms with Gasteiger partial charge in [-0.15, -0.1) is 11.8 Å². The van der Waals surface area contributed by atoms with E-state index in [-0.39, 0.29) is 5.41 Å². The maximum Gasteiger partial charge on any atom is 0.444 e. The van der Waals surface area contributed by atoms with Crippen LogP contribution in [0.3, 0.4) is 0 Å². The Hall–Kier alpha value is 0.170. The first-order valence-electron chi connectivity index (χ1n) is 6.62. The number of amides is 1. The van der Waals surface area contributed by atoms with Gasteiger partial charge in [-0.05, 0) is 25.0 Å². The lowest BCUT2D eigenvalue weighted by atomic mass is 9.97. The van der Waals surface area contributed by atoms with Gasteiger partial charge >= 0.3 is 6.09 Å². The minimum absolute atomic E-state index is 0.0528. The van der Waals surface area contributed by atoms with Gasteiger partial charge < -0.3 is 9.05 Å². The third kappa shape index (κ3) is 6.35. The maximum atomic E-state index is 11.6. The first-order chi connectivity index (χ1) is 10.2. The largest absolute Gasteiger partial charge is 0.444 e. The van der Waals surface area contributed by atoms with Gasteiger partial charge in [-0.25, -0.2) is 9.52 Å². The molecule has 11 heteroatoms. The van der Waals surface area contributed by atoms with Crippen LogP contribution in [0.25, 0.3) is 0 Å². The topological polar surface area (TPSA) is 72.4 Å². The Balaban J connectivity index is 2.52. The molecule has 0 aromatic rings. The highest BCUT2D eigenvalue weighted by Gasteiger charge is 2.38. The summed E-state index contributed by atoms with van der Waals surface area (Å²) in [6, 6.07) is 0. The number of oxime groups is 1. The minimum atomic E-state index is -2.58. The van der Waals surface area contributed by atoms with Crippen molar-refractivity contribution in [2.24, 2.45) is 10.6 Å². The van der Waals surface area contributed by atoms with Crippen molar-refractivity contribution in [3.8, 4) is 0 Å². The van der Waals surface area contributed by atoms with Crippen LogP contribution in [-0.4, -0.2) is 41.2 Å². The lowest BCUT2D eigenvalue weighted by molar-refractivity contribution is 0.0508. The van der Waals surface area contributed by atoms with E-state index >= 15 is 0 Å². The fraction of sp³-hybridized carbons (Fsp3) is 0.818. The van der Waals surface area contributed by atoms with Gasteiger partial charge in [0.1, 0.15) is 5.04 Å². The summed E-state index contributed by atoms with van der Waals surface area (Å²) in [4.78, 5) is 16.3. The van der Waals surface area contributed by atoms with Crippen molar-refractivity contribution < 1.29 is 18.7 Å². The van der Waals surface area contributed by atoms with Crippen molar-refractivity contribution in [1.82, 2.24) is 8.80 Å². The highest BCUT2D eigenvalue weighted by atomic mass is 32.5. The monoisotopic (exact) mass is 387 g/mol. The van der Waals surface area contributed by atoms with Crippen molar-refractivity contribution >= 4 is 53.5 Å². The number of nitrogens with one attached hydrogen (secondary N) is 1. The van der Waals surface area contributed by atoms with Gasteiger partial charge in [-0.2, -0.15) is 4.08 Å². The molecule has 128 valence electrons. The molecule has 0 spiro atoms. The van der Waals surface area contributed by atoms with Gasteiger partial charge in [0, 0.05) is 12.0 Å². The number of carbonyl (C=O) groups is 1. The second-order valence-electron chi connectivity index (χ2n) is 5.23. The Kier molecular flexibility index (Phi) is 8.15. The Morgan fingerprint density at radius 2 is 2.09 bits per heavy atom. The molecule has 0 saturated carbocycles. The molecule has 1 amide bonds. The molecule has 1 rings (SSSR count). The summed E-state index contributed by atoms with van der Waals surface area (Å²) in [5, 5.41) is 4.31. The average Bonchev–Trinajstić information content (AvgIpc) is 2.48. The molecule has 0 bridgehead atoms. The zero-order valence-corrected chi connectivity index (χ0v) is 16.7. The molecule has 0 unspecified atom stereocenters. The van der Waals surface area contributed by atoms with Crippen molar-refractivity contribution in [3.05, 3.63) is 0 Å². The van der Waals surface area contributed by atoms with Crippen LogP contribution in [0.1, 0.15) is 27.7 Å². The number of hydrogen-bond acceptors (Lipinski definition) is 8. The molecule has 1 heterocycles. The molecule has 1 N–H and O–H groups in total. The van der Waals surface area contributed by atoms with Gasteiger partial charge in [0.25, 0.3) is 6.64 Å². The molecule has 7 nitrogen and oxygen atoms in total. The van der Waals surface area contributed by atoms with Crippen LogP contribution < -0.4 is 4.72 Å². The predicted molar refractivity (Wildman–Crippen MR) is 96.2 cm³/mol. The zero-order chi connectivity index (χ0) is 16.8. The molecule has 1 saturated heterocycles. The fourth-order valence-corrected chi connectivity index (χ4v) is 5.19. The van der Waals surface area contributed by atoms with Crippen LogP contribution in [0.4, 0.5) is 4.79 Å². The maximum absolute atomic E-state index is 11.6. The number of rotatable bonds is 5. The molecule has 22 heavy (non-hydrogen) atoms. The summed E-state index contributed by atoms with van der Waals surface area (Å²) in [7, 11) is 0. The standard InChI is InChI=1S/C11H22N3O4PS3/c1-6-14(19(20)16-7-11(3,4)8-17-19)22-13-10(15)18-12-9(2)21-5/h6-8H2,1-5H3,(H,13,15). The van der Waals surface area contributed by atoms with Crippen molar-refractivity contribution in [2.45, 2.75) is 27.7 Å². The lowest BCUT2D eigenvalue weighted by Gasteiger charge is -2.40. The van der Waals surface area contributed by atoms with Gasteiger partial charge in [0.15, 0.2) is 0 Å². The van der Waals surface area contributed by atoms with Crippen LogP contribution >= 0.6 is 30.5 Å². The summed E-state index contributed by atoms with van der Waals surface area (Å²) in [5.74, 6) is 0. The van der Waals surface area contributed by atoms with Crippen molar-refractivity contribution in [3.63, 3.8) is 0 Å². The molecule has 0 aliphatic carbocycles. The third-order valence-electron chi connectivity index (χ3n) is 2.57. The normalized spacial score (nSPS) is 20.7. The Morgan fingerprint density at radius 1 is 1.50 bits per heavy atom. The first kappa shape index (κ1) is 20.2. The number of nitrogens with zero attached hydrogens (tertiary/aromatic N) is 2. The second-order valence-corrected chi connectivity index (χ2v) is 10.7. The van der Waals surface area contributed by atoms with E-state index in [1.165, 1.54) is 11.8 Å². The summed E-state index contributed by atoms with van der Waals surface area (Å²) >= 11 is 7.92. The lowest BCUT2D eigenvalue weighted by Crippen LogP contribution is -2.34. The van der Waals surface area contributed by atoms with Crippen molar-refractivity contribution in [2.75, 3.05) is 26.0 Å².